The van der Waals surface area contributed by atoms with Crippen molar-refractivity contribution in [2.24, 2.45) is 0 Å². The zero-order chi connectivity index (χ0) is 26.3. The Morgan fingerprint density at radius 2 is 1.89 bits per heavy atom. The highest BCUT2D eigenvalue weighted by Crippen LogP contribution is 2.33. The zero-order valence-electron chi connectivity index (χ0n) is 19.1. The fraction of sp³-hybridized carbons (Fsp3) is 0.250. The van der Waals surface area contributed by atoms with Gasteiger partial charge < -0.3 is 14.6 Å². The largest absolute Gasteiger partial charge is 0.463 e. The van der Waals surface area contributed by atoms with Gasteiger partial charge in [0.1, 0.15) is 23.4 Å². The summed E-state index contributed by atoms with van der Waals surface area (Å²) in [5.74, 6) is -0.101. The van der Waals surface area contributed by atoms with Crippen LogP contribution in [0.2, 0.25) is 5.02 Å². The van der Waals surface area contributed by atoms with E-state index < -0.39 is 11.7 Å². The lowest BCUT2D eigenvalue weighted by molar-refractivity contribution is -0.137. The number of hydrogen-bond donors (Lipinski definition) is 1. The molecule has 0 atom stereocenters. The smallest absolute Gasteiger partial charge is 0.417 e. The third-order valence-corrected chi connectivity index (χ3v) is 6.73. The predicted molar refractivity (Wildman–Crippen MR) is 136 cm³/mol. The minimum Gasteiger partial charge on any atom is -0.463 e. The maximum atomic E-state index is 13.0. The summed E-state index contributed by atoms with van der Waals surface area (Å²) in [6.07, 6.45) is -1.03. The van der Waals surface area contributed by atoms with Crippen molar-refractivity contribution in [1.82, 2.24) is 20.1 Å². The number of halogens is 4. The molecule has 2 saturated heterocycles. The van der Waals surface area contributed by atoms with Gasteiger partial charge in [-0.1, -0.05) is 23.7 Å². The molecule has 0 unspecified atom stereocenters. The predicted octanol–water partition coefficient (Wildman–Crippen LogP) is 3.70. The van der Waals surface area contributed by atoms with Crippen LogP contribution in [0.1, 0.15) is 11.1 Å². The van der Waals surface area contributed by atoms with Crippen molar-refractivity contribution in [3.05, 3.63) is 74.9 Å². The Labute approximate surface area is 218 Å². The number of nitrogens with zero attached hydrogens (tertiary/aromatic N) is 4. The Kier molecular flexibility index (Phi) is 6.65. The molecular formula is C24H19ClF3N5O3S. The van der Waals surface area contributed by atoms with Crippen LogP contribution in [-0.2, 0) is 11.0 Å². The lowest BCUT2D eigenvalue weighted by Gasteiger charge is -2.37. The highest BCUT2D eigenvalue weighted by Gasteiger charge is 2.34. The first-order valence-electron chi connectivity index (χ1n) is 11.2. The van der Waals surface area contributed by atoms with Gasteiger partial charge in [0.15, 0.2) is 10.5 Å². The number of amides is 1. The number of alkyl halides is 3. The van der Waals surface area contributed by atoms with E-state index in [4.69, 9.17) is 28.2 Å². The molecule has 2 aliphatic rings. The minimum absolute atomic E-state index is 0.0729. The Morgan fingerprint density at radius 3 is 2.59 bits per heavy atom. The van der Waals surface area contributed by atoms with Crippen molar-refractivity contribution in [1.29, 1.82) is 0 Å². The summed E-state index contributed by atoms with van der Waals surface area (Å²) in [6.45, 7) is 2.09. The van der Waals surface area contributed by atoms with Crippen LogP contribution in [0.25, 0.3) is 17.0 Å². The van der Waals surface area contributed by atoms with Gasteiger partial charge in [-0.25, -0.2) is 4.98 Å². The van der Waals surface area contributed by atoms with Crippen LogP contribution in [0.4, 0.5) is 19.0 Å². The van der Waals surface area contributed by atoms with E-state index in [2.05, 4.69) is 10.3 Å². The van der Waals surface area contributed by atoms with Crippen LogP contribution in [0.15, 0.2) is 57.7 Å². The molecule has 1 N–H and O–H groups in total. The number of anilines is 1. The van der Waals surface area contributed by atoms with Gasteiger partial charge in [-0.3, -0.25) is 19.4 Å². The number of thiocarbonyl (C=S) groups is 1. The standard InChI is InChI=1S/C24H19ClF3N5O3S/c25-17-10-15(24(26,27)28)11-29-21(17)32-7-5-31(6-8-32)13-33-22(35)18(30-23(33)37)9-14-12-36-19-4-2-1-3-16(19)20(14)34/h1-4,9-12H,5-8,13H2,(H,30,37)/b18-9+. The molecule has 1 amide bonds. The zero-order valence-corrected chi connectivity index (χ0v) is 20.7. The first-order valence-corrected chi connectivity index (χ1v) is 12.0. The second-order valence-electron chi connectivity index (χ2n) is 8.51. The molecule has 0 bridgehead atoms. The number of aromatic nitrogens is 1. The quantitative estimate of drug-likeness (QED) is 0.390. The van der Waals surface area contributed by atoms with E-state index in [1.807, 2.05) is 4.90 Å². The average molecular weight is 550 g/mol. The second-order valence-corrected chi connectivity index (χ2v) is 9.31. The summed E-state index contributed by atoms with van der Waals surface area (Å²) in [4.78, 5) is 34.9. The van der Waals surface area contributed by atoms with Gasteiger partial charge in [-0.05, 0) is 36.5 Å². The summed E-state index contributed by atoms with van der Waals surface area (Å²) in [7, 11) is 0. The van der Waals surface area contributed by atoms with Crippen molar-refractivity contribution >= 4 is 57.7 Å². The fourth-order valence-corrected chi connectivity index (χ4v) is 4.70. The number of pyridine rings is 1. The molecule has 0 saturated carbocycles. The molecule has 5 rings (SSSR count). The highest BCUT2D eigenvalue weighted by molar-refractivity contribution is 7.80. The number of hydrogen-bond acceptors (Lipinski definition) is 7. The third-order valence-electron chi connectivity index (χ3n) is 6.13. The maximum absolute atomic E-state index is 13.0. The first-order chi connectivity index (χ1) is 17.6. The van der Waals surface area contributed by atoms with Crippen molar-refractivity contribution in [2.45, 2.75) is 6.18 Å². The number of benzene rings is 1. The summed E-state index contributed by atoms with van der Waals surface area (Å²) in [5, 5.41) is 3.40. The van der Waals surface area contributed by atoms with Crippen LogP contribution < -0.4 is 15.6 Å². The lowest BCUT2D eigenvalue weighted by atomic mass is 10.1. The molecule has 2 aliphatic heterocycles. The number of carbonyl (C=O) groups is 1. The molecule has 0 radical (unpaired) electrons. The number of fused-ring (bicyclic) bond motifs is 1. The molecule has 0 spiro atoms. The molecule has 0 aliphatic carbocycles. The van der Waals surface area contributed by atoms with Gasteiger partial charge in [0, 0.05) is 32.4 Å². The number of nitrogens with one attached hydrogen (secondary N) is 1. The maximum Gasteiger partial charge on any atom is 0.417 e. The van der Waals surface area contributed by atoms with Gasteiger partial charge in [-0.15, -0.1) is 0 Å². The first kappa shape index (κ1) is 25.2. The molecular weight excluding hydrogens is 531 g/mol. The number of rotatable bonds is 4. The monoisotopic (exact) mass is 549 g/mol. The number of carbonyl (C=O) groups excluding carboxylic acids is 1. The van der Waals surface area contributed by atoms with Crippen molar-refractivity contribution in [2.75, 3.05) is 37.7 Å². The SMILES string of the molecule is O=C1/C(=C\c2coc3ccccc3c2=O)NC(=S)N1CN1CCN(c2ncc(C(F)(F)F)cc2Cl)CC1. The minimum atomic E-state index is -4.52. The second kappa shape index (κ2) is 9.77. The van der Waals surface area contributed by atoms with Gasteiger partial charge in [0.05, 0.1) is 28.2 Å². The number of piperazine rings is 1. The van der Waals surface area contributed by atoms with E-state index in [9.17, 15) is 22.8 Å². The van der Waals surface area contributed by atoms with Crippen LogP contribution in [0.5, 0.6) is 0 Å². The molecule has 8 nitrogen and oxygen atoms in total. The molecule has 4 heterocycles. The number of para-hydroxylation sites is 1. The van der Waals surface area contributed by atoms with Crippen molar-refractivity contribution < 1.29 is 22.4 Å². The van der Waals surface area contributed by atoms with E-state index in [-0.39, 0.29) is 45.2 Å². The van der Waals surface area contributed by atoms with E-state index in [0.29, 0.717) is 37.1 Å². The molecule has 3 aromatic rings. The molecule has 13 heteroatoms. The molecule has 192 valence electrons. The summed E-state index contributed by atoms with van der Waals surface area (Å²) >= 11 is 11.4. The third kappa shape index (κ3) is 5.04. The lowest BCUT2D eigenvalue weighted by Crippen LogP contribution is -2.51. The Hall–Kier alpha value is -3.48. The molecule has 1 aromatic carbocycles. The van der Waals surface area contributed by atoms with Gasteiger partial charge in [0.2, 0.25) is 0 Å². The van der Waals surface area contributed by atoms with E-state index in [0.717, 1.165) is 12.3 Å². The van der Waals surface area contributed by atoms with Crippen LogP contribution in [0, 0.1) is 0 Å². The van der Waals surface area contributed by atoms with Crippen LogP contribution in [-0.4, -0.2) is 58.7 Å². The molecule has 37 heavy (non-hydrogen) atoms. The van der Waals surface area contributed by atoms with Crippen LogP contribution >= 0.6 is 23.8 Å². The fourth-order valence-electron chi connectivity index (χ4n) is 4.17. The van der Waals surface area contributed by atoms with Crippen molar-refractivity contribution in [3.63, 3.8) is 0 Å². The normalized spacial score (nSPS) is 18.2. The summed E-state index contributed by atoms with van der Waals surface area (Å²) in [6, 6.07) is 7.69. The van der Waals surface area contributed by atoms with E-state index in [1.165, 1.54) is 17.2 Å². The van der Waals surface area contributed by atoms with Crippen molar-refractivity contribution in [3.8, 4) is 0 Å². The Bertz CT molecular complexity index is 1480. The topological polar surface area (TPSA) is 81.9 Å². The van der Waals surface area contributed by atoms with Gasteiger partial charge >= 0.3 is 6.18 Å². The van der Waals surface area contributed by atoms with Crippen LogP contribution in [0.3, 0.4) is 0 Å². The molecule has 2 fully saturated rings. The van der Waals surface area contributed by atoms with E-state index >= 15 is 0 Å². The average Bonchev–Trinajstić information content (AvgIpc) is 3.13. The summed E-state index contributed by atoms with van der Waals surface area (Å²) in [5.41, 5.74) is -0.344. The van der Waals surface area contributed by atoms with E-state index in [1.54, 1.807) is 29.2 Å². The van der Waals surface area contributed by atoms with Gasteiger partial charge in [0.25, 0.3) is 5.91 Å². The highest BCUT2D eigenvalue weighted by atomic mass is 35.5. The molecule has 2 aromatic heterocycles. The summed E-state index contributed by atoms with van der Waals surface area (Å²) < 4.78 is 44.2. The van der Waals surface area contributed by atoms with Gasteiger partial charge in [-0.2, -0.15) is 13.2 Å². The Balaban J connectivity index is 1.24. The Morgan fingerprint density at radius 1 is 1.16 bits per heavy atom.